The van der Waals surface area contributed by atoms with Crippen LogP contribution in [0.25, 0.3) is 10.1 Å². The highest BCUT2D eigenvalue weighted by Gasteiger charge is 2.50. The first-order valence-corrected chi connectivity index (χ1v) is 10.4. The predicted octanol–water partition coefficient (Wildman–Crippen LogP) is 3.03. The Morgan fingerprint density at radius 1 is 1.32 bits per heavy atom. The third kappa shape index (κ3) is 2.71. The van der Waals surface area contributed by atoms with Gasteiger partial charge in [-0.05, 0) is 37.3 Å². The second kappa shape index (κ2) is 6.41. The molecule has 2 amide bonds. The van der Waals surface area contributed by atoms with Gasteiger partial charge in [0.15, 0.2) is 0 Å². The molecule has 4 heterocycles. The van der Waals surface area contributed by atoms with Gasteiger partial charge in [-0.15, -0.1) is 11.3 Å². The van der Waals surface area contributed by atoms with E-state index < -0.39 is 5.92 Å². The number of nitrogens with zero attached hydrogens (tertiary/aromatic N) is 4. The van der Waals surface area contributed by atoms with E-state index in [1.54, 1.807) is 28.4 Å². The molecule has 1 aliphatic carbocycles. The number of aryl methyl sites for hydroxylation is 1. The Morgan fingerprint density at radius 3 is 2.86 bits per heavy atom. The Labute approximate surface area is 166 Å². The lowest BCUT2D eigenvalue weighted by molar-refractivity contribution is -0.129. The zero-order valence-corrected chi connectivity index (χ0v) is 16.6. The lowest BCUT2D eigenvalue weighted by Crippen LogP contribution is -2.34. The minimum Gasteiger partial charge on any atom is -0.332 e. The van der Waals surface area contributed by atoms with Crippen molar-refractivity contribution in [2.45, 2.75) is 38.3 Å². The van der Waals surface area contributed by atoms with E-state index in [1.807, 2.05) is 36.4 Å². The van der Waals surface area contributed by atoms with Gasteiger partial charge in [0.05, 0.1) is 18.2 Å². The summed E-state index contributed by atoms with van der Waals surface area (Å²) in [5.74, 6) is 0.00276. The fourth-order valence-electron chi connectivity index (χ4n) is 4.15. The molecule has 1 saturated carbocycles. The molecular weight excluding hydrogens is 374 g/mol. The lowest BCUT2D eigenvalue weighted by atomic mass is 9.93. The summed E-state index contributed by atoms with van der Waals surface area (Å²) in [4.78, 5) is 32.3. The van der Waals surface area contributed by atoms with Gasteiger partial charge < -0.3 is 10.2 Å². The summed E-state index contributed by atoms with van der Waals surface area (Å²) in [6, 6.07) is 3.87. The van der Waals surface area contributed by atoms with Crippen LogP contribution in [0.4, 0.5) is 5.82 Å². The SMILES string of the molecule is Cc1c([C@@H]2[C@@H](C(=O)Nc3nccc4sccc34)CC(=O)N2C2CC2)cnn1C. The molecule has 0 bridgehead atoms. The maximum Gasteiger partial charge on any atom is 0.231 e. The van der Waals surface area contributed by atoms with Crippen LogP contribution in [-0.4, -0.2) is 37.5 Å². The summed E-state index contributed by atoms with van der Waals surface area (Å²) in [6.07, 6.45) is 5.73. The van der Waals surface area contributed by atoms with Gasteiger partial charge in [-0.3, -0.25) is 14.3 Å². The molecule has 144 valence electrons. The Bertz CT molecular complexity index is 1080. The fraction of sp³-hybridized carbons (Fsp3) is 0.400. The molecule has 0 radical (unpaired) electrons. The van der Waals surface area contributed by atoms with Crippen molar-refractivity contribution >= 4 is 39.1 Å². The van der Waals surface area contributed by atoms with E-state index >= 15 is 0 Å². The number of carbonyl (C=O) groups is 2. The van der Waals surface area contributed by atoms with Gasteiger partial charge in [0.25, 0.3) is 0 Å². The topological polar surface area (TPSA) is 80.1 Å². The number of likely N-dealkylation sites (tertiary alicyclic amines) is 1. The smallest absolute Gasteiger partial charge is 0.231 e. The zero-order valence-electron chi connectivity index (χ0n) is 15.8. The first-order chi connectivity index (χ1) is 13.5. The molecule has 1 saturated heterocycles. The first kappa shape index (κ1) is 17.4. The summed E-state index contributed by atoms with van der Waals surface area (Å²) in [5.41, 5.74) is 1.95. The molecule has 28 heavy (non-hydrogen) atoms. The van der Waals surface area contributed by atoms with Gasteiger partial charge in [0, 0.05) is 47.1 Å². The summed E-state index contributed by atoms with van der Waals surface area (Å²) >= 11 is 1.61. The number of rotatable bonds is 4. The van der Waals surface area contributed by atoms with Crippen LogP contribution in [0, 0.1) is 12.8 Å². The van der Waals surface area contributed by atoms with E-state index in [9.17, 15) is 9.59 Å². The molecule has 2 aliphatic rings. The zero-order chi connectivity index (χ0) is 19.4. The summed E-state index contributed by atoms with van der Waals surface area (Å²) in [5, 5.41) is 10.3. The van der Waals surface area contributed by atoms with Gasteiger partial charge in [-0.25, -0.2) is 4.98 Å². The van der Waals surface area contributed by atoms with E-state index in [1.165, 1.54) is 0 Å². The minimum absolute atomic E-state index is 0.0533. The molecule has 2 atom stereocenters. The maximum absolute atomic E-state index is 13.3. The van der Waals surface area contributed by atoms with Gasteiger partial charge >= 0.3 is 0 Å². The van der Waals surface area contributed by atoms with Gasteiger partial charge in [0.2, 0.25) is 11.8 Å². The number of anilines is 1. The predicted molar refractivity (Wildman–Crippen MR) is 107 cm³/mol. The molecule has 8 heteroatoms. The Balaban J connectivity index is 1.50. The number of aromatic nitrogens is 3. The highest BCUT2D eigenvalue weighted by Crippen LogP contribution is 2.46. The third-order valence-electron chi connectivity index (χ3n) is 5.85. The minimum atomic E-state index is -0.452. The molecule has 0 spiro atoms. The Kier molecular flexibility index (Phi) is 3.97. The standard InChI is InChI=1S/C20H21N5O2S/c1-11-15(10-22-24(11)2)18-14(9-17(26)25(18)12-3-4-12)20(27)23-19-13-6-8-28-16(13)5-7-21-19/h5-8,10,12,14,18H,3-4,9H2,1-2H3,(H,21,23,27)/t14-,18-/m0/s1. The number of carbonyl (C=O) groups excluding carboxylic acids is 2. The van der Waals surface area contributed by atoms with Gasteiger partial charge in [-0.2, -0.15) is 5.10 Å². The molecule has 0 aromatic carbocycles. The number of hydrogen-bond donors (Lipinski definition) is 1. The van der Waals surface area contributed by atoms with Crippen LogP contribution in [0.1, 0.15) is 36.6 Å². The van der Waals surface area contributed by atoms with Crippen molar-refractivity contribution in [3.8, 4) is 0 Å². The maximum atomic E-state index is 13.3. The number of hydrogen-bond acceptors (Lipinski definition) is 5. The summed E-state index contributed by atoms with van der Waals surface area (Å²) in [6.45, 7) is 1.98. The molecule has 2 fully saturated rings. The largest absolute Gasteiger partial charge is 0.332 e. The molecule has 0 unspecified atom stereocenters. The summed E-state index contributed by atoms with van der Waals surface area (Å²) in [7, 11) is 1.88. The van der Waals surface area contributed by atoms with Crippen LogP contribution in [-0.2, 0) is 16.6 Å². The molecule has 1 aliphatic heterocycles. The van der Waals surface area contributed by atoms with Crippen molar-refractivity contribution in [3.05, 3.63) is 41.2 Å². The number of pyridine rings is 1. The van der Waals surface area contributed by atoms with Crippen LogP contribution < -0.4 is 5.32 Å². The lowest BCUT2D eigenvalue weighted by Gasteiger charge is -2.28. The molecular formula is C20H21N5O2S. The molecule has 5 rings (SSSR count). The fourth-order valence-corrected chi connectivity index (χ4v) is 4.93. The molecule has 3 aromatic rings. The highest BCUT2D eigenvalue weighted by atomic mass is 32.1. The van der Waals surface area contributed by atoms with E-state index in [0.717, 1.165) is 34.2 Å². The second-order valence-electron chi connectivity index (χ2n) is 7.58. The normalized spacial score (nSPS) is 22.2. The van der Waals surface area contributed by atoms with Crippen molar-refractivity contribution in [2.75, 3.05) is 5.32 Å². The highest BCUT2D eigenvalue weighted by molar-refractivity contribution is 7.17. The van der Waals surface area contributed by atoms with E-state index in [2.05, 4.69) is 15.4 Å². The average Bonchev–Trinajstić information content (AvgIpc) is 3.14. The Morgan fingerprint density at radius 2 is 2.14 bits per heavy atom. The first-order valence-electron chi connectivity index (χ1n) is 9.47. The third-order valence-corrected chi connectivity index (χ3v) is 6.74. The molecule has 7 nitrogen and oxygen atoms in total. The number of thiophene rings is 1. The van der Waals surface area contributed by atoms with Crippen molar-refractivity contribution in [2.24, 2.45) is 13.0 Å². The van der Waals surface area contributed by atoms with E-state index in [0.29, 0.717) is 5.82 Å². The monoisotopic (exact) mass is 395 g/mol. The number of amides is 2. The van der Waals surface area contributed by atoms with E-state index in [4.69, 9.17) is 0 Å². The second-order valence-corrected chi connectivity index (χ2v) is 8.53. The van der Waals surface area contributed by atoms with Crippen molar-refractivity contribution in [1.82, 2.24) is 19.7 Å². The van der Waals surface area contributed by atoms with Crippen LogP contribution in [0.2, 0.25) is 0 Å². The van der Waals surface area contributed by atoms with Crippen LogP contribution >= 0.6 is 11.3 Å². The average molecular weight is 395 g/mol. The quantitative estimate of drug-likeness (QED) is 0.736. The van der Waals surface area contributed by atoms with Crippen LogP contribution in [0.15, 0.2) is 29.9 Å². The van der Waals surface area contributed by atoms with Crippen LogP contribution in [0.5, 0.6) is 0 Å². The van der Waals surface area contributed by atoms with Gasteiger partial charge in [-0.1, -0.05) is 0 Å². The number of nitrogens with one attached hydrogen (secondary N) is 1. The number of fused-ring (bicyclic) bond motifs is 1. The van der Waals surface area contributed by atoms with Crippen molar-refractivity contribution in [3.63, 3.8) is 0 Å². The van der Waals surface area contributed by atoms with E-state index in [-0.39, 0.29) is 30.3 Å². The summed E-state index contributed by atoms with van der Waals surface area (Å²) < 4.78 is 2.87. The Hall–Kier alpha value is -2.74. The molecule has 1 N–H and O–H groups in total. The van der Waals surface area contributed by atoms with Crippen LogP contribution in [0.3, 0.4) is 0 Å². The molecule has 3 aromatic heterocycles. The van der Waals surface area contributed by atoms with Crippen molar-refractivity contribution in [1.29, 1.82) is 0 Å². The van der Waals surface area contributed by atoms with Gasteiger partial charge in [0.1, 0.15) is 5.82 Å². The van der Waals surface area contributed by atoms with Crippen molar-refractivity contribution < 1.29 is 9.59 Å².